The summed E-state index contributed by atoms with van der Waals surface area (Å²) in [6.45, 7) is 4.42. The smallest absolute Gasteiger partial charge is 0.115 e. The Kier molecular flexibility index (Phi) is 8.94. The fourth-order valence-corrected chi connectivity index (χ4v) is 4.93. The third-order valence-electron chi connectivity index (χ3n) is 6.80. The van der Waals surface area contributed by atoms with E-state index in [1.165, 1.54) is 75.3 Å². The number of nitrogens with zero attached hydrogens (tertiary/aromatic N) is 3. The maximum Gasteiger partial charge on any atom is 0.115 e. The quantitative estimate of drug-likeness (QED) is 0.200. The summed E-state index contributed by atoms with van der Waals surface area (Å²) in [7, 11) is 0. The van der Waals surface area contributed by atoms with Crippen molar-refractivity contribution in [2.75, 3.05) is 0 Å². The van der Waals surface area contributed by atoms with E-state index in [4.69, 9.17) is 10.2 Å². The van der Waals surface area contributed by atoms with Gasteiger partial charge in [0.1, 0.15) is 16.8 Å². The fourth-order valence-electron chi connectivity index (χ4n) is 4.93. The molecule has 0 spiro atoms. The SMILES string of the molecule is CCCCCCCCCCCCc1cc(C)cc(-n2nc3ccccc3n2)c1-c1ccc(O)cc1. The average molecular weight is 470 g/mol. The van der Waals surface area contributed by atoms with Crippen LogP contribution in [0.1, 0.15) is 82.3 Å². The minimum atomic E-state index is 0.279. The van der Waals surface area contributed by atoms with Gasteiger partial charge in [-0.05, 0) is 66.8 Å². The second-order valence-electron chi connectivity index (χ2n) is 9.78. The number of aromatic nitrogens is 3. The van der Waals surface area contributed by atoms with Crippen LogP contribution in [0.15, 0.2) is 60.7 Å². The van der Waals surface area contributed by atoms with Crippen molar-refractivity contribution in [3.05, 3.63) is 71.8 Å². The van der Waals surface area contributed by atoms with E-state index < -0.39 is 0 Å². The normalized spacial score (nSPS) is 11.4. The van der Waals surface area contributed by atoms with E-state index in [2.05, 4.69) is 26.0 Å². The van der Waals surface area contributed by atoms with Crippen LogP contribution in [0, 0.1) is 6.92 Å². The van der Waals surface area contributed by atoms with Gasteiger partial charge in [-0.1, -0.05) is 95.0 Å². The van der Waals surface area contributed by atoms with Crippen LogP contribution in [0.3, 0.4) is 0 Å². The zero-order chi connectivity index (χ0) is 24.5. The Morgan fingerprint density at radius 1 is 0.714 bits per heavy atom. The standard InChI is InChI=1S/C31H39N3O/c1-3-4-5-6-7-8-9-10-11-12-15-26-22-24(2)23-30(31(26)25-18-20-27(35)21-19-25)34-32-28-16-13-14-17-29(28)33-34/h13-14,16-23,35H,3-12,15H2,1-2H3. The number of unbranched alkanes of at least 4 members (excludes halogenated alkanes) is 9. The molecule has 4 nitrogen and oxygen atoms in total. The number of phenols is 1. The molecule has 184 valence electrons. The van der Waals surface area contributed by atoms with Gasteiger partial charge in [0.2, 0.25) is 0 Å². The molecule has 4 rings (SSSR count). The highest BCUT2D eigenvalue weighted by molar-refractivity contribution is 5.79. The first kappa shape index (κ1) is 25.0. The lowest BCUT2D eigenvalue weighted by Gasteiger charge is -2.16. The Morgan fingerprint density at radius 3 is 1.89 bits per heavy atom. The molecule has 1 heterocycles. The molecule has 35 heavy (non-hydrogen) atoms. The maximum absolute atomic E-state index is 9.87. The van der Waals surface area contributed by atoms with Crippen molar-refractivity contribution in [3.63, 3.8) is 0 Å². The minimum Gasteiger partial charge on any atom is -0.508 e. The lowest BCUT2D eigenvalue weighted by Crippen LogP contribution is -2.05. The van der Waals surface area contributed by atoms with Gasteiger partial charge >= 0.3 is 0 Å². The molecule has 0 saturated carbocycles. The lowest BCUT2D eigenvalue weighted by atomic mass is 9.92. The van der Waals surface area contributed by atoms with Crippen LogP contribution in [0.4, 0.5) is 0 Å². The Labute approximate surface area is 210 Å². The molecule has 1 aromatic heterocycles. The van der Waals surface area contributed by atoms with Crippen molar-refractivity contribution in [1.29, 1.82) is 0 Å². The molecule has 0 saturated heterocycles. The second kappa shape index (κ2) is 12.5. The predicted molar refractivity (Wildman–Crippen MR) is 146 cm³/mol. The number of aromatic hydroxyl groups is 1. The topological polar surface area (TPSA) is 50.9 Å². The largest absolute Gasteiger partial charge is 0.508 e. The van der Waals surface area contributed by atoms with Crippen molar-refractivity contribution < 1.29 is 5.11 Å². The summed E-state index contributed by atoms with van der Waals surface area (Å²) in [5, 5.41) is 19.4. The molecular weight excluding hydrogens is 430 g/mol. The van der Waals surface area contributed by atoms with Gasteiger partial charge in [-0.15, -0.1) is 15.0 Å². The van der Waals surface area contributed by atoms with Crippen molar-refractivity contribution in [2.45, 2.75) is 84.5 Å². The Balaban J connectivity index is 1.51. The predicted octanol–water partition coefficient (Wildman–Crippen LogP) is 8.56. The first-order chi connectivity index (χ1) is 17.2. The van der Waals surface area contributed by atoms with Crippen LogP contribution in [-0.4, -0.2) is 20.1 Å². The van der Waals surface area contributed by atoms with Crippen LogP contribution in [0.5, 0.6) is 5.75 Å². The Hall–Kier alpha value is -3.14. The highest BCUT2D eigenvalue weighted by atomic mass is 16.3. The maximum atomic E-state index is 9.87. The van der Waals surface area contributed by atoms with E-state index in [0.717, 1.165) is 34.3 Å². The highest BCUT2D eigenvalue weighted by Gasteiger charge is 2.16. The average Bonchev–Trinajstić information content (AvgIpc) is 3.30. The van der Waals surface area contributed by atoms with E-state index in [1.54, 1.807) is 16.9 Å². The molecule has 3 aromatic carbocycles. The van der Waals surface area contributed by atoms with Gasteiger partial charge in [0.05, 0.1) is 5.69 Å². The van der Waals surface area contributed by atoms with E-state index in [1.807, 2.05) is 36.4 Å². The number of hydrogen-bond donors (Lipinski definition) is 1. The number of phenolic OH excluding ortho intramolecular Hbond substituents is 1. The van der Waals surface area contributed by atoms with E-state index in [-0.39, 0.29) is 5.75 Å². The molecule has 0 amide bonds. The first-order valence-corrected chi connectivity index (χ1v) is 13.4. The molecule has 0 unspecified atom stereocenters. The third kappa shape index (κ3) is 6.72. The third-order valence-corrected chi connectivity index (χ3v) is 6.80. The second-order valence-corrected chi connectivity index (χ2v) is 9.78. The zero-order valence-electron chi connectivity index (χ0n) is 21.3. The zero-order valence-corrected chi connectivity index (χ0v) is 21.3. The van der Waals surface area contributed by atoms with Crippen LogP contribution < -0.4 is 0 Å². The van der Waals surface area contributed by atoms with Gasteiger partial charge in [0.15, 0.2) is 0 Å². The Bertz CT molecular complexity index is 1180. The number of hydrogen-bond acceptors (Lipinski definition) is 3. The van der Waals surface area contributed by atoms with Crippen LogP contribution in [0.2, 0.25) is 0 Å². The first-order valence-electron chi connectivity index (χ1n) is 13.4. The van der Waals surface area contributed by atoms with Crippen molar-refractivity contribution in [1.82, 2.24) is 15.0 Å². The molecule has 0 radical (unpaired) electrons. The summed E-state index contributed by atoms with van der Waals surface area (Å²) in [6.07, 6.45) is 14.4. The monoisotopic (exact) mass is 469 g/mol. The van der Waals surface area contributed by atoms with Crippen LogP contribution in [0.25, 0.3) is 27.8 Å². The molecule has 0 fully saturated rings. The van der Waals surface area contributed by atoms with Crippen molar-refractivity contribution >= 4 is 11.0 Å². The van der Waals surface area contributed by atoms with Crippen LogP contribution in [-0.2, 0) is 6.42 Å². The lowest BCUT2D eigenvalue weighted by molar-refractivity contribution is 0.475. The molecule has 0 atom stereocenters. The molecule has 0 aliphatic rings. The van der Waals surface area contributed by atoms with Gasteiger partial charge in [-0.3, -0.25) is 0 Å². The molecular formula is C31H39N3O. The van der Waals surface area contributed by atoms with Gasteiger partial charge in [-0.25, -0.2) is 0 Å². The summed E-state index contributed by atoms with van der Waals surface area (Å²) in [4.78, 5) is 1.78. The van der Waals surface area contributed by atoms with Gasteiger partial charge in [-0.2, -0.15) is 0 Å². The van der Waals surface area contributed by atoms with Gasteiger partial charge in [0, 0.05) is 5.56 Å². The van der Waals surface area contributed by atoms with E-state index in [0.29, 0.717) is 0 Å². The molecule has 4 aromatic rings. The minimum absolute atomic E-state index is 0.279. The summed E-state index contributed by atoms with van der Waals surface area (Å²) >= 11 is 0. The van der Waals surface area contributed by atoms with Gasteiger partial charge < -0.3 is 5.11 Å². The molecule has 1 N–H and O–H groups in total. The fraction of sp³-hybridized carbons (Fsp3) is 0.419. The number of aryl methyl sites for hydroxylation is 2. The molecule has 0 aliphatic heterocycles. The number of rotatable bonds is 13. The summed E-state index contributed by atoms with van der Waals surface area (Å²) in [6, 6.07) is 20.0. The van der Waals surface area contributed by atoms with Crippen molar-refractivity contribution in [3.8, 4) is 22.6 Å². The Morgan fingerprint density at radius 2 is 1.29 bits per heavy atom. The number of fused-ring (bicyclic) bond motifs is 1. The molecule has 0 aliphatic carbocycles. The molecule has 4 heteroatoms. The summed E-state index contributed by atoms with van der Waals surface area (Å²) in [5.41, 5.74) is 7.56. The highest BCUT2D eigenvalue weighted by Crippen LogP contribution is 2.34. The number of benzene rings is 3. The van der Waals surface area contributed by atoms with Crippen molar-refractivity contribution in [2.24, 2.45) is 0 Å². The molecule has 0 bridgehead atoms. The summed E-state index contributed by atoms with van der Waals surface area (Å²) < 4.78 is 0. The van der Waals surface area contributed by atoms with E-state index >= 15 is 0 Å². The van der Waals surface area contributed by atoms with E-state index in [9.17, 15) is 5.11 Å². The van der Waals surface area contributed by atoms with Crippen LogP contribution >= 0.6 is 0 Å². The van der Waals surface area contributed by atoms with Gasteiger partial charge in [0.25, 0.3) is 0 Å². The summed E-state index contributed by atoms with van der Waals surface area (Å²) in [5.74, 6) is 0.279.